The van der Waals surface area contributed by atoms with Crippen LogP contribution >= 0.6 is 11.6 Å². The fourth-order valence-electron chi connectivity index (χ4n) is 2.67. The number of halogens is 3. The number of hydrogen-bond donors (Lipinski definition) is 1. The minimum atomic E-state index is -2.99. The van der Waals surface area contributed by atoms with E-state index in [2.05, 4.69) is 4.74 Å². The molecule has 1 fully saturated rings. The lowest BCUT2D eigenvalue weighted by Gasteiger charge is -2.34. The Morgan fingerprint density at radius 1 is 1.41 bits per heavy atom. The number of likely N-dealkylation sites (tertiary alicyclic amines) is 1. The minimum absolute atomic E-state index is 0.0621. The summed E-state index contributed by atoms with van der Waals surface area (Å²) in [6.45, 7) is 0.0574. The third-order valence-electron chi connectivity index (χ3n) is 3.96. The number of carbonyl (C=O) groups is 1. The second kappa shape index (κ2) is 7.24. The highest BCUT2D eigenvalue weighted by Gasteiger charge is 2.27. The third-order valence-corrected chi connectivity index (χ3v) is 4.19. The molecule has 0 spiro atoms. The standard InChI is InChI=1S/C15H19ClF2N2O2/c1-9(19)10-4-6-20(7-5-10)14(21)12-8-11(16)2-3-13(12)22-15(17)18/h2-3,8-10,15H,4-7,19H2,1H3. The zero-order valence-corrected chi connectivity index (χ0v) is 13.0. The lowest BCUT2D eigenvalue weighted by Crippen LogP contribution is -2.42. The predicted octanol–water partition coefficient (Wildman–Crippen LogP) is 3.14. The van der Waals surface area contributed by atoms with Crippen LogP contribution in [0.4, 0.5) is 8.78 Å². The fourth-order valence-corrected chi connectivity index (χ4v) is 2.84. The second-order valence-corrected chi connectivity index (χ2v) is 5.94. The summed E-state index contributed by atoms with van der Waals surface area (Å²) in [6.07, 6.45) is 1.60. The van der Waals surface area contributed by atoms with E-state index in [0.717, 1.165) is 12.8 Å². The van der Waals surface area contributed by atoms with Gasteiger partial charge in [-0.25, -0.2) is 0 Å². The van der Waals surface area contributed by atoms with Crippen molar-refractivity contribution in [1.82, 2.24) is 4.90 Å². The summed E-state index contributed by atoms with van der Waals surface area (Å²) < 4.78 is 29.3. The first-order valence-corrected chi connectivity index (χ1v) is 7.55. The summed E-state index contributed by atoms with van der Waals surface area (Å²) in [5, 5.41) is 0.301. The van der Waals surface area contributed by atoms with Crippen molar-refractivity contribution in [3.63, 3.8) is 0 Å². The van der Waals surface area contributed by atoms with Crippen LogP contribution in [0.2, 0.25) is 5.02 Å². The highest BCUT2D eigenvalue weighted by atomic mass is 35.5. The number of nitrogens with zero attached hydrogens (tertiary/aromatic N) is 1. The van der Waals surface area contributed by atoms with Gasteiger partial charge in [0.25, 0.3) is 5.91 Å². The van der Waals surface area contributed by atoms with Crippen LogP contribution in [0.1, 0.15) is 30.1 Å². The van der Waals surface area contributed by atoms with Crippen LogP contribution in [0, 0.1) is 5.92 Å². The highest BCUT2D eigenvalue weighted by Crippen LogP contribution is 2.28. The van der Waals surface area contributed by atoms with E-state index in [1.807, 2.05) is 6.92 Å². The maximum Gasteiger partial charge on any atom is 0.387 e. The Morgan fingerprint density at radius 3 is 2.59 bits per heavy atom. The van der Waals surface area contributed by atoms with Crippen molar-refractivity contribution in [1.29, 1.82) is 0 Å². The number of carbonyl (C=O) groups excluding carboxylic acids is 1. The van der Waals surface area contributed by atoms with Crippen molar-refractivity contribution >= 4 is 17.5 Å². The topological polar surface area (TPSA) is 55.6 Å². The Kier molecular flexibility index (Phi) is 5.58. The molecule has 1 unspecified atom stereocenters. The summed E-state index contributed by atoms with van der Waals surface area (Å²) in [6, 6.07) is 4.15. The van der Waals surface area contributed by atoms with E-state index >= 15 is 0 Å². The largest absolute Gasteiger partial charge is 0.434 e. The molecule has 2 N–H and O–H groups in total. The van der Waals surface area contributed by atoms with Crippen molar-refractivity contribution in [2.45, 2.75) is 32.4 Å². The lowest BCUT2D eigenvalue weighted by atomic mass is 9.90. The van der Waals surface area contributed by atoms with E-state index in [-0.39, 0.29) is 23.3 Å². The number of alkyl halides is 2. The van der Waals surface area contributed by atoms with Gasteiger partial charge in [0.15, 0.2) is 0 Å². The number of amides is 1. The maximum atomic E-state index is 12.5. The summed E-state index contributed by atoms with van der Waals surface area (Å²) in [5.41, 5.74) is 5.94. The van der Waals surface area contributed by atoms with Gasteiger partial charge in [0.2, 0.25) is 0 Å². The molecule has 1 heterocycles. The van der Waals surface area contributed by atoms with Gasteiger partial charge in [-0.3, -0.25) is 4.79 Å². The minimum Gasteiger partial charge on any atom is -0.434 e. The molecule has 1 aliphatic rings. The van der Waals surface area contributed by atoms with Crippen LogP contribution in [0.3, 0.4) is 0 Å². The Hall–Kier alpha value is -1.40. The van der Waals surface area contributed by atoms with Gasteiger partial charge >= 0.3 is 6.61 Å². The molecule has 0 radical (unpaired) electrons. The molecule has 7 heteroatoms. The van der Waals surface area contributed by atoms with E-state index in [1.165, 1.54) is 18.2 Å². The number of benzene rings is 1. The van der Waals surface area contributed by atoms with Crippen LogP contribution in [-0.2, 0) is 0 Å². The molecule has 2 rings (SSSR count). The average molecular weight is 333 g/mol. The van der Waals surface area contributed by atoms with Gasteiger partial charge < -0.3 is 15.4 Å². The van der Waals surface area contributed by atoms with Gasteiger partial charge in [-0.2, -0.15) is 8.78 Å². The predicted molar refractivity (Wildman–Crippen MR) is 80.4 cm³/mol. The molecule has 122 valence electrons. The molecule has 0 saturated carbocycles. The molecular weight excluding hydrogens is 314 g/mol. The van der Waals surface area contributed by atoms with E-state index in [4.69, 9.17) is 17.3 Å². The SMILES string of the molecule is CC(N)C1CCN(C(=O)c2cc(Cl)ccc2OC(F)F)CC1. The Labute approximate surface area is 133 Å². The van der Waals surface area contributed by atoms with E-state index in [0.29, 0.717) is 24.0 Å². The Morgan fingerprint density at radius 2 is 2.05 bits per heavy atom. The quantitative estimate of drug-likeness (QED) is 0.921. The number of hydrogen-bond acceptors (Lipinski definition) is 3. The number of piperidine rings is 1. The molecule has 1 aliphatic heterocycles. The number of ether oxygens (including phenoxy) is 1. The first kappa shape index (κ1) is 17.0. The number of rotatable bonds is 4. The molecule has 0 bridgehead atoms. The second-order valence-electron chi connectivity index (χ2n) is 5.51. The molecule has 1 amide bonds. The van der Waals surface area contributed by atoms with Gasteiger partial charge in [0.1, 0.15) is 5.75 Å². The molecule has 0 aliphatic carbocycles. The number of nitrogens with two attached hydrogens (primary N) is 1. The van der Waals surface area contributed by atoms with Gasteiger partial charge in [0, 0.05) is 24.2 Å². The monoisotopic (exact) mass is 332 g/mol. The zero-order valence-electron chi connectivity index (χ0n) is 12.3. The maximum absolute atomic E-state index is 12.5. The average Bonchev–Trinajstić information content (AvgIpc) is 2.48. The molecule has 1 saturated heterocycles. The van der Waals surface area contributed by atoms with Crippen LogP contribution in [-0.4, -0.2) is 36.5 Å². The smallest absolute Gasteiger partial charge is 0.387 e. The van der Waals surface area contributed by atoms with Crippen LogP contribution in [0.5, 0.6) is 5.75 Å². The highest BCUT2D eigenvalue weighted by molar-refractivity contribution is 6.31. The summed E-state index contributed by atoms with van der Waals surface area (Å²) in [5.74, 6) is -0.125. The molecule has 0 aromatic heterocycles. The molecular formula is C15H19ClF2N2O2. The molecule has 1 aromatic carbocycles. The third kappa shape index (κ3) is 4.08. The van der Waals surface area contributed by atoms with Crippen molar-refractivity contribution < 1.29 is 18.3 Å². The van der Waals surface area contributed by atoms with E-state index in [1.54, 1.807) is 4.90 Å². The van der Waals surface area contributed by atoms with Crippen LogP contribution in [0.15, 0.2) is 18.2 Å². The Balaban J connectivity index is 2.14. The molecule has 22 heavy (non-hydrogen) atoms. The van der Waals surface area contributed by atoms with Crippen molar-refractivity contribution in [3.05, 3.63) is 28.8 Å². The van der Waals surface area contributed by atoms with E-state index < -0.39 is 6.61 Å². The summed E-state index contributed by atoms with van der Waals surface area (Å²) in [4.78, 5) is 14.2. The van der Waals surface area contributed by atoms with E-state index in [9.17, 15) is 13.6 Å². The zero-order chi connectivity index (χ0) is 16.3. The van der Waals surface area contributed by atoms with Crippen LogP contribution < -0.4 is 10.5 Å². The van der Waals surface area contributed by atoms with Gasteiger partial charge in [0.05, 0.1) is 5.56 Å². The normalized spacial score (nSPS) is 17.6. The summed E-state index contributed by atoms with van der Waals surface area (Å²) >= 11 is 5.87. The molecule has 1 atom stereocenters. The Bertz CT molecular complexity index is 532. The molecule has 1 aromatic rings. The van der Waals surface area contributed by atoms with Crippen molar-refractivity contribution in [3.8, 4) is 5.75 Å². The van der Waals surface area contributed by atoms with Gasteiger partial charge in [-0.1, -0.05) is 11.6 Å². The summed E-state index contributed by atoms with van der Waals surface area (Å²) in [7, 11) is 0. The first-order valence-electron chi connectivity index (χ1n) is 7.17. The van der Waals surface area contributed by atoms with Gasteiger partial charge in [-0.05, 0) is 43.9 Å². The van der Waals surface area contributed by atoms with Crippen LogP contribution in [0.25, 0.3) is 0 Å². The lowest BCUT2D eigenvalue weighted by molar-refractivity contribution is -0.0503. The fraction of sp³-hybridized carbons (Fsp3) is 0.533. The first-order chi connectivity index (χ1) is 10.4. The molecule has 4 nitrogen and oxygen atoms in total. The van der Waals surface area contributed by atoms with Crippen molar-refractivity contribution in [2.24, 2.45) is 11.7 Å². The van der Waals surface area contributed by atoms with Crippen molar-refractivity contribution in [2.75, 3.05) is 13.1 Å². The van der Waals surface area contributed by atoms with Gasteiger partial charge in [-0.15, -0.1) is 0 Å².